The Morgan fingerprint density at radius 2 is 1.94 bits per heavy atom. The minimum atomic E-state index is -0.871. The van der Waals surface area contributed by atoms with Crippen LogP contribution >= 0.6 is 11.3 Å². The fraction of sp³-hybridized carbons (Fsp3) is 0. The summed E-state index contributed by atoms with van der Waals surface area (Å²) in [6, 6.07) is 9.36. The summed E-state index contributed by atoms with van der Waals surface area (Å²) in [5, 5.41) is 0.451. The molecule has 0 bridgehead atoms. The molecule has 0 saturated heterocycles. The molecule has 0 radical (unpaired) electrons. The molecule has 0 spiro atoms. The smallest absolute Gasteiger partial charge is 0.169 e. The third-order valence-corrected chi connectivity index (χ3v) is 3.66. The van der Waals surface area contributed by atoms with E-state index in [0.717, 1.165) is 10.8 Å². The first kappa shape index (κ1) is 11.1. The Morgan fingerprint density at radius 3 is 2.78 bits per heavy atom. The van der Waals surface area contributed by atoms with Crippen molar-refractivity contribution < 1.29 is 8.78 Å². The summed E-state index contributed by atoms with van der Waals surface area (Å²) in [7, 11) is 0. The normalized spacial score (nSPS) is 11.0. The van der Waals surface area contributed by atoms with Crippen molar-refractivity contribution in [2.75, 3.05) is 5.73 Å². The van der Waals surface area contributed by atoms with E-state index in [2.05, 4.69) is 4.98 Å². The SMILES string of the molecule is Nc1ccc2sc(-c3cccc(F)c3F)nc2c1. The summed E-state index contributed by atoms with van der Waals surface area (Å²) in [6.45, 7) is 0. The van der Waals surface area contributed by atoms with Crippen LogP contribution in [-0.2, 0) is 0 Å². The Balaban J connectivity index is 2.22. The van der Waals surface area contributed by atoms with Crippen LogP contribution in [0.25, 0.3) is 20.8 Å². The predicted octanol–water partition coefficient (Wildman–Crippen LogP) is 3.82. The van der Waals surface area contributed by atoms with Crippen LogP contribution in [0.4, 0.5) is 14.5 Å². The number of benzene rings is 2. The lowest BCUT2D eigenvalue weighted by atomic mass is 10.2. The Hall–Kier alpha value is -2.01. The molecule has 1 heterocycles. The van der Waals surface area contributed by atoms with E-state index in [9.17, 15) is 8.78 Å². The van der Waals surface area contributed by atoms with Gasteiger partial charge >= 0.3 is 0 Å². The number of nitrogens with zero attached hydrogens (tertiary/aromatic N) is 1. The van der Waals surface area contributed by atoms with Gasteiger partial charge in [-0.1, -0.05) is 6.07 Å². The highest BCUT2D eigenvalue weighted by Gasteiger charge is 2.13. The van der Waals surface area contributed by atoms with Crippen molar-refractivity contribution in [2.45, 2.75) is 0 Å². The molecule has 2 N–H and O–H groups in total. The highest BCUT2D eigenvalue weighted by atomic mass is 32.1. The van der Waals surface area contributed by atoms with Gasteiger partial charge in [-0.3, -0.25) is 0 Å². The van der Waals surface area contributed by atoms with Crippen molar-refractivity contribution in [3.63, 3.8) is 0 Å². The number of hydrogen-bond donors (Lipinski definition) is 1. The molecule has 0 atom stereocenters. The van der Waals surface area contributed by atoms with Crippen LogP contribution in [-0.4, -0.2) is 4.98 Å². The van der Waals surface area contributed by atoms with Crippen molar-refractivity contribution in [3.8, 4) is 10.6 Å². The molecule has 18 heavy (non-hydrogen) atoms. The number of hydrogen-bond acceptors (Lipinski definition) is 3. The summed E-state index contributed by atoms with van der Waals surface area (Å²) >= 11 is 1.31. The van der Waals surface area contributed by atoms with Crippen molar-refractivity contribution in [2.24, 2.45) is 0 Å². The second-order valence-corrected chi connectivity index (χ2v) is 4.88. The summed E-state index contributed by atoms with van der Waals surface area (Å²) < 4.78 is 27.7. The molecule has 1 aromatic heterocycles. The van der Waals surface area contributed by atoms with Gasteiger partial charge in [0, 0.05) is 11.3 Å². The number of fused-ring (bicyclic) bond motifs is 1. The Labute approximate surface area is 106 Å². The molecule has 5 heteroatoms. The number of anilines is 1. The summed E-state index contributed by atoms with van der Waals surface area (Å²) in [5.74, 6) is -1.74. The molecule has 0 unspecified atom stereocenters. The third kappa shape index (κ3) is 1.73. The van der Waals surface area contributed by atoms with Gasteiger partial charge in [-0.25, -0.2) is 13.8 Å². The zero-order valence-electron chi connectivity index (χ0n) is 9.15. The second-order valence-electron chi connectivity index (χ2n) is 3.85. The lowest BCUT2D eigenvalue weighted by molar-refractivity contribution is 0.511. The molecule has 0 saturated carbocycles. The number of rotatable bonds is 1. The van der Waals surface area contributed by atoms with Gasteiger partial charge in [-0.2, -0.15) is 0 Å². The molecule has 3 rings (SSSR count). The lowest BCUT2D eigenvalue weighted by Crippen LogP contribution is -1.88. The van der Waals surface area contributed by atoms with Gasteiger partial charge in [0.2, 0.25) is 0 Å². The van der Waals surface area contributed by atoms with Crippen molar-refractivity contribution in [1.82, 2.24) is 4.98 Å². The Kier molecular flexibility index (Phi) is 2.48. The maximum absolute atomic E-state index is 13.7. The molecule has 90 valence electrons. The van der Waals surface area contributed by atoms with E-state index >= 15 is 0 Å². The lowest BCUT2D eigenvalue weighted by Gasteiger charge is -1.98. The number of thiazole rings is 1. The van der Waals surface area contributed by atoms with E-state index in [0.29, 0.717) is 16.2 Å². The predicted molar refractivity (Wildman–Crippen MR) is 69.4 cm³/mol. The average molecular weight is 262 g/mol. The van der Waals surface area contributed by atoms with E-state index in [1.807, 2.05) is 6.07 Å². The highest BCUT2D eigenvalue weighted by molar-refractivity contribution is 7.21. The van der Waals surface area contributed by atoms with Crippen LogP contribution < -0.4 is 5.73 Å². The second kappa shape index (κ2) is 4.03. The monoisotopic (exact) mass is 262 g/mol. The van der Waals surface area contributed by atoms with Gasteiger partial charge in [-0.15, -0.1) is 11.3 Å². The van der Waals surface area contributed by atoms with Gasteiger partial charge in [0.1, 0.15) is 5.01 Å². The average Bonchev–Trinajstić information content (AvgIpc) is 2.75. The summed E-state index contributed by atoms with van der Waals surface area (Å²) in [5.41, 5.74) is 7.12. The van der Waals surface area contributed by atoms with Gasteiger partial charge in [0.25, 0.3) is 0 Å². The number of aromatic nitrogens is 1. The molecule has 0 aliphatic carbocycles. The fourth-order valence-corrected chi connectivity index (χ4v) is 2.69. The van der Waals surface area contributed by atoms with Gasteiger partial charge in [0.15, 0.2) is 11.6 Å². The van der Waals surface area contributed by atoms with Crippen molar-refractivity contribution >= 4 is 27.2 Å². The van der Waals surface area contributed by atoms with Crippen LogP contribution in [0.3, 0.4) is 0 Å². The largest absolute Gasteiger partial charge is 0.399 e. The number of nitrogens with two attached hydrogens (primary N) is 1. The molecule has 2 aromatic carbocycles. The van der Waals surface area contributed by atoms with E-state index in [1.54, 1.807) is 12.1 Å². The van der Waals surface area contributed by atoms with Crippen LogP contribution in [0.1, 0.15) is 0 Å². The van der Waals surface area contributed by atoms with E-state index in [1.165, 1.54) is 23.5 Å². The summed E-state index contributed by atoms with van der Waals surface area (Å²) in [6.07, 6.45) is 0. The van der Waals surface area contributed by atoms with Crippen LogP contribution in [0.15, 0.2) is 36.4 Å². The van der Waals surface area contributed by atoms with Crippen LogP contribution in [0.5, 0.6) is 0 Å². The molecule has 0 aliphatic heterocycles. The van der Waals surface area contributed by atoms with Gasteiger partial charge in [-0.05, 0) is 30.3 Å². The molecular weight excluding hydrogens is 254 g/mol. The molecule has 0 fully saturated rings. The molecule has 3 aromatic rings. The summed E-state index contributed by atoms with van der Waals surface area (Å²) in [4.78, 5) is 4.28. The maximum Gasteiger partial charge on any atom is 0.169 e. The quantitative estimate of drug-likeness (QED) is 0.677. The standard InChI is InChI=1S/C13H8F2N2S/c14-9-3-1-2-8(12(9)15)13-17-10-6-7(16)4-5-11(10)18-13/h1-6H,16H2. The minimum Gasteiger partial charge on any atom is -0.399 e. The zero-order chi connectivity index (χ0) is 12.7. The van der Waals surface area contributed by atoms with Gasteiger partial charge in [0.05, 0.1) is 10.2 Å². The van der Waals surface area contributed by atoms with Crippen LogP contribution in [0.2, 0.25) is 0 Å². The third-order valence-electron chi connectivity index (χ3n) is 2.59. The first-order valence-corrected chi connectivity index (χ1v) is 6.07. The molecular formula is C13H8F2N2S. The Bertz CT molecular complexity index is 737. The Morgan fingerprint density at radius 1 is 1.11 bits per heavy atom. The molecule has 2 nitrogen and oxygen atoms in total. The minimum absolute atomic E-state index is 0.176. The van der Waals surface area contributed by atoms with Crippen molar-refractivity contribution in [1.29, 1.82) is 0 Å². The molecule has 0 aliphatic rings. The number of halogens is 2. The van der Waals surface area contributed by atoms with Gasteiger partial charge < -0.3 is 5.73 Å². The molecule has 0 amide bonds. The number of nitrogen functional groups attached to an aromatic ring is 1. The van der Waals surface area contributed by atoms with E-state index in [4.69, 9.17) is 5.73 Å². The topological polar surface area (TPSA) is 38.9 Å². The highest BCUT2D eigenvalue weighted by Crippen LogP contribution is 2.32. The van der Waals surface area contributed by atoms with Crippen molar-refractivity contribution in [3.05, 3.63) is 48.0 Å². The van der Waals surface area contributed by atoms with E-state index in [-0.39, 0.29) is 5.56 Å². The fourth-order valence-electron chi connectivity index (χ4n) is 1.73. The zero-order valence-corrected chi connectivity index (χ0v) is 9.97. The first-order chi connectivity index (χ1) is 8.65. The maximum atomic E-state index is 13.7. The van der Waals surface area contributed by atoms with E-state index < -0.39 is 11.6 Å². The van der Waals surface area contributed by atoms with Crippen LogP contribution in [0, 0.1) is 11.6 Å². The first-order valence-electron chi connectivity index (χ1n) is 5.25.